The molecule has 2 rings (SSSR count). The van der Waals surface area contributed by atoms with Gasteiger partial charge in [0, 0.05) is 12.2 Å². The van der Waals surface area contributed by atoms with Crippen molar-refractivity contribution in [2.24, 2.45) is 0 Å². The summed E-state index contributed by atoms with van der Waals surface area (Å²) in [5.41, 5.74) is 7.85. The molecule has 0 radical (unpaired) electrons. The van der Waals surface area contributed by atoms with E-state index < -0.39 is 0 Å². The Morgan fingerprint density at radius 1 is 1.19 bits per heavy atom. The van der Waals surface area contributed by atoms with E-state index in [-0.39, 0.29) is 6.10 Å². The summed E-state index contributed by atoms with van der Waals surface area (Å²) in [5, 5.41) is 0. The lowest BCUT2D eigenvalue weighted by molar-refractivity contribution is 0.0495. The van der Waals surface area contributed by atoms with Gasteiger partial charge < -0.3 is 10.5 Å². The number of halogens is 1. The van der Waals surface area contributed by atoms with Gasteiger partial charge >= 0.3 is 0 Å². The average Bonchev–Trinajstić information content (AvgIpc) is 2.50. The molecular formula is C16H20BrN3O. The van der Waals surface area contributed by atoms with Gasteiger partial charge in [0.2, 0.25) is 0 Å². The highest BCUT2D eigenvalue weighted by molar-refractivity contribution is 9.10. The van der Waals surface area contributed by atoms with Crippen LogP contribution < -0.4 is 5.73 Å². The summed E-state index contributed by atoms with van der Waals surface area (Å²) in [6.07, 6.45) is 1.77. The molecule has 0 aliphatic carbocycles. The van der Waals surface area contributed by atoms with Crippen LogP contribution in [0, 0.1) is 0 Å². The van der Waals surface area contributed by atoms with Crippen molar-refractivity contribution in [1.82, 2.24) is 9.97 Å². The minimum absolute atomic E-state index is 0.113. The molecule has 0 aliphatic rings. The number of nitrogens with two attached hydrogens (primary N) is 1. The van der Waals surface area contributed by atoms with Gasteiger partial charge in [0.1, 0.15) is 11.9 Å². The molecule has 0 amide bonds. The van der Waals surface area contributed by atoms with Crippen molar-refractivity contribution in [2.45, 2.75) is 32.8 Å². The molecule has 0 saturated carbocycles. The molecule has 1 heterocycles. The van der Waals surface area contributed by atoms with Gasteiger partial charge in [0.15, 0.2) is 5.82 Å². The molecule has 1 aromatic heterocycles. The number of anilines is 1. The maximum absolute atomic E-state index is 6.04. The summed E-state index contributed by atoms with van der Waals surface area (Å²) >= 11 is 3.49. The Kier molecular flexibility index (Phi) is 5.70. The molecule has 0 spiro atoms. The van der Waals surface area contributed by atoms with E-state index in [9.17, 15) is 0 Å². The number of hydrogen-bond donors (Lipinski definition) is 1. The van der Waals surface area contributed by atoms with Crippen molar-refractivity contribution in [3.63, 3.8) is 0 Å². The molecule has 0 bridgehead atoms. The third kappa shape index (κ3) is 3.80. The summed E-state index contributed by atoms with van der Waals surface area (Å²) in [5.74, 6) is 1.10. The van der Waals surface area contributed by atoms with Gasteiger partial charge in [-0.3, -0.25) is 0 Å². The topological polar surface area (TPSA) is 61.0 Å². The first-order valence-corrected chi connectivity index (χ1v) is 7.96. The molecule has 0 aliphatic heterocycles. The monoisotopic (exact) mass is 349 g/mol. The van der Waals surface area contributed by atoms with E-state index in [2.05, 4.69) is 32.8 Å². The zero-order valence-electron chi connectivity index (χ0n) is 12.3. The molecular weight excluding hydrogens is 330 g/mol. The fourth-order valence-corrected chi connectivity index (χ4v) is 2.57. The number of nitrogen functional groups attached to an aromatic ring is 1. The van der Waals surface area contributed by atoms with Crippen molar-refractivity contribution in [3.05, 3.63) is 40.6 Å². The lowest BCUT2D eigenvalue weighted by atomic mass is 10.1. The Labute approximate surface area is 133 Å². The summed E-state index contributed by atoms with van der Waals surface area (Å²) in [4.78, 5) is 9.07. The molecule has 21 heavy (non-hydrogen) atoms. The van der Waals surface area contributed by atoms with E-state index in [1.54, 1.807) is 0 Å². The van der Waals surface area contributed by atoms with E-state index in [0.717, 1.165) is 28.6 Å². The van der Waals surface area contributed by atoms with Crippen LogP contribution in [0.1, 0.15) is 38.6 Å². The fraction of sp³-hybridized carbons (Fsp3) is 0.375. The van der Waals surface area contributed by atoms with Crippen molar-refractivity contribution in [1.29, 1.82) is 0 Å². The lowest BCUT2D eigenvalue weighted by Crippen LogP contribution is -2.11. The third-order valence-electron chi connectivity index (χ3n) is 3.15. The standard InChI is InChI=1S/C16H20BrN3O/c1-3-8-12(21-4-2)16-19-14(13(17)15(18)20-16)11-9-6-5-7-10-11/h5-7,9-10,12H,3-4,8H2,1-2H3,(H2,18,19,20). The first kappa shape index (κ1) is 15.9. The smallest absolute Gasteiger partial charge is 0.160 e. The molecule has 1 atom stereocenters. The van der Waals surface area contributed by atoms with E-state index in [1.807, 2.05) is 37.3 Å². The van der Waals surface area contributed by atoms with Gasteiger partial charge in [-0.2, -0.15) is 0 Å². The van der Waals surface area contributed by atoms with Crippen LogP contribution in [0.2, 0.25) is 0 Å². The van der Waals surface area contributed by atoms with Crippen LogP contribution in [-0.4, -0.2) is 16.6 Å². The molecule has 0 fully saturated rings. The van der Waals surface area contributed by atoms with Crippen molar-refractivity contribution in [3.8, 4) is 11.3 Å². The molecule has 2 aromatic rings. The highest BCUT2D eigenvalue weighted by Gasteiger charge is 2.18. The van der Waals surface area contributed by atoms with Gasteiger partial charge in [-0.15, -0.1) is 0 Å². The van der Waals surface area contributed by atoms with Crippen molar-refractivity contribution < 1.29 is 4.74 Å². The van der Waals surface area contributed by atoms with Crippen LogP contribution in [0.15, 0.2) is 34.8 Å². The quantitative estimate of drug-likeness (QED) is 0.841. The van der Waals surface area contributed by atoms with Crippen LogP contribution in [0.4, 0.5) is 5.82 Å². The maximum atomic E-state index is 6.04. The molecule has 1 unspecified atom stereocenters. The van der Waals surface area contributed by atoms with Crippen LogP contribution in [0.5, 0.6) is 0 Å². The predicted molar refractivity (Wildman–Crippen MR) is 88.9 cm³/mol. The summed E-state index contributed by atoms with van der Waals surface area (Å²) in [7, 11) is 0. The number of benzene rings is 1. The summed E-state index contributed by atoms with van der Waals surface area (Å²) < 4.78 is 6.48. The van der Waals surface area contributed by atoms with Gasteiger partial charge in [0.25, 0.3) is 0 Å². The Morgan fingerprint density at radius 2 is 1.90 bits per heavy atom. The van der Waals surface area contributed by atoms with E-state index >= 15 is 0 Å². The Morgan fingerprint density at radius 3 is 2.52 bits per heavy atom. The van der Waals surface area contributed by atoms with Crippen molar-refractivity contribution in [2.75, 3.05) is 12.3 Å². The highest BCUT2D eigenvalue weighted by Crippen LogP contribution is 2.32. The highest BCUT2D eigenvalue weighted by atomic mass is 79.9. The van der Waals surface area contributed by atoms with Gasteiger partial charge in [0.05, 0.1) is 10.2 Å². The Hall–Kier alpha value is -1.46. The lowest BCUT2D eigenvalue weighted by Gasteiger charge is -2.17. The molecule has 112 valence electrons. The van der Waals surface area contributed by atoms with E-state index in [0.29, 0.717) is 18.2 Å². The van der Waals surface area contributed by atoms with Crippen LogP contribution in [-0.2, 0) is 4.74 Å². The number of aromatic nitrogens is 2. The third-order valence-corrected chi connectivity index (χ3v) is 3.93. The average molecular weight is 350 g/mol. The van der Waals surface area contributed by atoms with E-state index in [4.69, 9.17) is 10.5 Å². The van der Waals surface area contributed by atoms with Crippen LogP contribution >= 0.6 is 15.9 Å². The van der Waals surface area contributed by atoms with Gasteiger partial charge in [-0.25, -0.2) is 9.97 Å². The number of hydrogen-bond acceptors (Lipinski definition) is 4. The first-order valence-electron chi connectivity index (χ1n) is 7.17. The maximum Gasteiger partial charge on any atom is 0.160 e. The van der Waals surface area contributed by atoms with Crippen LogP contribution in [0.25, 0.3) is 11.3 Å². The molecule has 2 N–H and O–H groups in total. The zero-order chi connectivity index (χ0) is 15.2. The predicted octanol–water partition coefficient (Wildman–Crippen LogP) is 4.37. The Balaban J connectivity index is 2.47. The van der Waals surface area contributed by atoms with Gasteiger partial charge in [-0.1, -0.05) is 43.7 Å². The molecule has 4 nitrogen and oxygen atoms in total. The zero-order valence-corrected chi connectivity index (χ0v) is 13.9. The summed E-state index contributed by atoms with van der Waals surface area (Å²) in [6, 6.07) is 9.94. The summed E-state index contributed by atoms with van der Waals surface area (Å²) in [6.45, 7) is 4.72. The molecule has 5 heteroatoms. The number of ether oxygens (including phenoxy) is 1. The second-order valence-corrected chi connectivity index (χ2v) is 5.52. The van der Waals surface area contributed by atoms with Crippen molar-refractivity contribution >= 4 is 21.7 Å². The first-order chi connectivity index (χ1) is 10.2. The second-order valence-electron chi connectivity index (χ2n) is 4.73. The largest absolute Gasteiger partial charge is 0.383 e. The van der Waals surface area contributed by atoms with Crippen LogP contribution in [0.3, 0.4) is 0 Å². The molecule has 1 aromatic carbocycles. The minimum atomic E-state index is -0.113. The van der Waals surface area contributed by atoms with E-state index in [1.165, 1.54) is 0 Å². The second kappa shape index (κ2) is 7.52. The number of rotatable bonds is 6. The fourth-order valence-electron chi connectivity index (χ4n) is 2.16. The SMILES string of the molecule is CCCC(OCC)c1nc(N)c(Br)c(-c2ccccc2)n1. The Bertz CT molecular complexity index is 584. The molecule has 0 saturated heterocycles. The minimum Gasteiger partial charge on any atom is -0.383 e. The normalized spacial score (nSPS) is 12.3. The number of nitrogens with zero attached hydrogens (tertiary/aromatic N) is 2. The van der Waals surface area contributed by atoms with Gasteiger partial charge in [-0.05, 0) is 29.3 Å².